The minimum atomic E-state index is -0.211. The van der Waals surface area contributed by atoms with E-state index in [9.17, 15) is 4.39 Å². The lowest BCUT2D eigenvalue weighted by molar-refractivity contribution is 0.626. The van der Waals surface area contributed by atoms with Crippen LogP contribution in [0.1, 0.15) is 28.8 Å². The third-order valence-corrected chi connectivity index (χ3v) is 5.32. The van der Waals surface area contributed by atoms with Crippen molar-refractivity contribution in [2.45, 2.75) is 32.9 Å². The number of anilines is 2. The van der Waals surface area contributed by atoms with E-state index in [0.717, 1.165) is 43.0 Å². The number of aromatic nitrogens is 2. The van der Waals surface area contributed by atoms with Gasteiger partial charge in [0.15, 0.2) is 5.11 Å². The van der Waals surface area contributed by atoms with E-state index < -0.39 is 0 Å². The Morgan fingerprint density at radius 3 is 2.47 bits per heavy atom. The molecule has 5 nitrogen and oxygen atoms in total. The smallest absolute Gasteiger partial charge is 0.231 e. The first-order chi connectivity index (χ1) is 14.6. The summed E-state index contributed by atoms with van der Waals surface area (Å²) in [5, 5.41) is 6.78. The molecule has 2 N–H and O–H groups in total. The summed E-state index contributed by atoms with van der Waals surface area (Å²) in [4.78, 5) is 11.4. The van der Waals surface area contributed by atoms with Gasteiger partial charge in [-0.05, 0) is 60.8 Å². The Hall–Kier alpha value is -3.06. The zero-order valence-electron chi connectivity index (χ0n) is 16.9. The molecule has 0 bridgehead atoms. The summed E-state index contributed by atoms with van der Waals surface area (Å²) in [6.45, 7) is 4.36. The van der Waals surface area contributed by atoms with E-state index in [1.165, 1.54) is 23.3 Å². The summed E-state index contributed by atoms with van der Waals surface area (Å²) in [7, 11) is 0. The highest BCUT2D eigenvalue weighted by Crippen LogP contribution is 2.27. The molecule has 3 aromatic rings. The Morgan fingerprint density at radius 1 is 1.07 bits per heavy atom. The first-order valence-electron chi connectivity index (χ1n) is 10.0. The van der Waals surface area contributed by atoms with Crippen molar-refractivity contribution in [2.75, 3.05) is 16.8 Å². The quantitative estimate of drug-likeness (QED) is 0.456. The van der Waals surface area contributed by atoms with Gasteiger partial charge in [-0.3, -0.25) is 0 Å². The van der Waals surface area contributed by atoms with E-state index in [4.69, 9.17) is 12.2 Å². The number of fused-ring (bicyclic) bond motifs is 1. The fourth-order valence-corrected chi connectivity index (χ4v) is 3.75. The maximum Gasteiger partial charge on any atom is 0.231 e. The molecule has 0 saturated heterocycles. The molecule has 0 radical (unpaired) electrons. The van der Waals surface area contributed by atoms with Crippen molar-refractivity contribution in [2.24, 2.45) is 0 Å². The van der Waals surface area contributed by atoms with E-state index in [1.54, 1.807) is 0 Å². The monoisotopic (exact) mass is 421 g/mol. The molecular formula is C23H24FN5S. The maximum absolute atomic E-state index is 13.0. The second-order valence-electron chi connectivity index (χ2n) is 7.43. The predicted molar refractivity (Wildman–Crippen MR) is 122 cm³/mol. The van der Waals surface area contributed by atoms with Gasteiger partial charge >= 0.3 is 0 Å². The van der Waals surface area contributed by atoms with Crippen LogP contribution in [0.3, 0.4) is 0 Å². The van der Waals surface area contributed by atoms with E-state index in [0.29, 0.717) is 17.6 Å². The molecule has 30 heavy (non-hydrogen) atoms. The molecule has 4 rings (SSSR count). The number of halogens is 1. The SMILES string of the molecule is Cc1cc(N2Cc3ccccc3C2)nc(NC(=S)NCCCc2ccc(F)cc2)n1. The predicted octanol–water partition coefficient (Wildman–Crippen LogP) is 4.36. The van der Waals surface area contributed by atoms with Crippen LogP contribution in [0.4, 0.5) is 16.2 Å². The Balaban J connectivity index is 1.30. The Labute approximate surface area is 181 Å². The zero-order valence-corrected chi connectivity index (χ0v) is 17.7. The summed E-state index contributed by atoms with van der Waals surface area (Å²) >= 11 is 5.40. The van der Waals surface area contributed by atoms with Crippen molar-refractivity contribution in [3.8, 4) is 0 Å². The number of aryl methyl sites for hydroxylation is 2. The van der Waals surface area contributed by atoms with Crippen molar-refractivity contribution in [1.82, 2.24) is 15.3 Å². The molecule has 1 aliphatic rings. The van der Waals surface area contributed by atoms with Gasteiger partial charge in [-0.1, -0.05) is 36.4 Å². The second-order valence-corrected chi connectivity index (χ2v) is 7.84. The molecule has 154 valence electrons. The minimum absolute atomic E-state index is 0.211. The van der Waals surface area contributed by atoms with E-state index in [2.05, 4.69) is 49.8 Å². The summed E-state index contributed by atoms with van der Waals surface area (Å²) < 4.78 is 13.0. The number of hydrogen-bond acceptors (Lipinski definition) is 4. The molecule has 0 unspecified atom stereocenters. The summed E-state index contributed by atoms with van der Waals surface area (Å²) in [6.07, 6.45) is 1.75. The van der Waals surface area contributed by atoms with Crippen molar-refractivity contribution in [1.29, 1.82) is 0 Å². The lowest BCUT2D eigenvalue weighted by atomic mass is 10.1. The lowest BCUT2D eigenvalue weighted by Gasteiger charge is -2.18. The van der Waals surface area contributed by atoms with Crippen LogP contribution in [0.25, 0.3) is 0 Å². The molecule has 0 aliphatic carbocycles. The van der Waals surface area contributed by atoms with Crippen LogP contribution in [0, 0.1) is 12.7 Å². The lowest BCUT2D eigenvalue weighted by Crippen LogP contribution is -2.30. The number of nitrogens with one attached hydrogen (secondary N) is 2. The minimum Gasteiger partial charge on any atom is -0.362 e. The highest BCUT2D eigenvalue weighted by molar-refractivity contribution is 7.80. The van der Waals surface area contributed by atoms with Gasteiger partial charge in [0.2, 0.25) is 5.95 Å². The van der Waals surface area contributed by atoms with E-state index in [-0.39, 0.29) is 5.82 Å². The molecule has 1 aliphatic heterocycles. The topological polar surface area (TPSA) is 53.1 Å². The fourth-order valence-electron chi connectivity index (χ4n) is 3.56. The first-order valence-corrected chi connectivity index (χ1v) is 10.4. The summed E-state index contributed by atoms with van der Waals surface area (Å²) in [5.74, 6) is 1.18. The van der Waals surface area contributed by atoms with Crippen molar-refractivity contribution in [3.63, 3.8) is 0 Å². The highest BCUT2D eigenvalue weighted by atomic mass is 32.1. The highest BCUT2D eigenvalue weighted by Gasteiger charge is 2.20. The Bertz CT molecular complexity index is 1010. The Morgan fingerprint density at radius 2 is 1.77 bits per heavy atom. The average Bonchev–Trinajstić information content (AvgIpc) is 3.16. The van der Waals surface area contributed by atoms with Crippen LogP contribution < -0.4 is 15.5 Å². The normalized spacial score (nSPS) is 12.5. The second kappa shape index (κ2) is 9.17. The van der Waals surface area contributed by atoms with Gasteiger partial charge in [0.25, 0.3) is 0 Å². The van der Waals surface area contributed by atoms with Crippen molar-refractivity contribution in [3.05, 3.63) is 82.8 Å². The molecular weight excluding hydrogens is 397 g/mol. The van der Waals surface area contributed by atoms with Gasteiger partial charge < -0.3 is 15.5 Å². The zero-order chi connectivity index (χ0) is 20.9. The number of thiocarbonyl (C=S) groups is 1. The van der Waals surface area contributed by atoms with Crippen LogP contribution in [-0.2, 0) is 19.5 Å². The molecule has 2 heterocycles. The van der Waals surface area contributed by atoms with Crippen LogP contribution in [0.2, 0.25) is 0 Å². The molecule has 0 saturated carbocycles. The van der Waals surface area contributed by atoms with Gasteiger partial charge in [-0.25, -0.2) is 9.37 Å². The molecule has 0 atom stereocenters. The van der Waals surface area contributed by atoms with Gasteiger partial charge in [0.05, 0.1) is 0 Å². The fraction of sp³-hybridized carbons (Fsp3) is 0.261. The molecule has 0 spiro atoms. The molecule has 1 aromatic heterocycles. The average molecular weight is 422 g/mol. The number of nitrogens with zero attached hydrogens (tertiary/aromatic N) is 3. The van der Waals surface area contributed by atoms with E-state index >= 15 is 0 Å². The molecule has 0 fully saturated rings. The Kier molecular flexibility index (Phi) is 6.18. The molecule has 0 amide bonds. The third kappa shape index (κ3) is 5.10. The summed E-state index contributed by atoms with van der Waals surface area (Å²) in [6, 6.07) is 17.1. The molecule has 7 heteroatoms. The number of benzene rings is 2. The van der Waals surface area contributed by atoms with Crippen LogP contribution in [0.15, 0.2) is 54.6 Å². The third-order valence-electron chi connectivity index (χ3n) is 5.07. The standard InChI is InChI=1S/C23H24FN5S/c1-16-13-21(29-14-18-6-2-3-7-19(18)15-29)27-22(26-16)28-23(30)25-12-4-5-17-8-10-20(24)11-9-17/h2-3,6-11,13H,4-5,12,14-15H2,1H3,(H2,25,26,27,28,30). The van der Waals surface area contributed by atoms with Crippen LogP contribution >= 0.6 is 12.2 Å². The van der Waals surface area contributed by atoms with Crippen LogP contribution in [0.5, 0.6) is 0 Å². The van der Waals surface area contributed by atoms with E-state index in [1.807, 2.05) is 25.1 Å². The van der Waals surface area contributed by atoms with Crippen LogP contribution in [-0.4, -0.2) is 21.6 Å². The van der Waals surface area contributed by atoms with Gasteiger partial charge in [0, 0.05) is 31.4 Å². The largest absolute Gasteiger partial charge is 0.362 e. The molecule has 2 aromatic carbocycles. The number of hydrogen-bond donors (Lipinski definition) is 2. The van der Waals surface area contributed by atoms with Gasteiger partial charge in [0.1, 0.15) is 11.6 Å². The van der Waals surface area contributed by atoms with Gasteiger partial charge in [-0.15, -0.1) is 0 Å². The summed E-state index contributed by atoms with van der Waals surface area (Å²) in [5.41, 5.74) is 4.66. The first kappa shape index (κ1) is 20.2. The maximum atomic E-state index is 13.0. The van der Waals surface area contributed by atoms with Crippen molar-refractivity contribution >= 4 is 29.1 Å². The van der Waals surface area contributed by atoms with Crippen molar-refractivity contribution < 1.29 is 4.39 Å². The van der Waals surface area contributed by atoms with Gasteiger partial charge in [-0.2, -0.15) is 4.98 Å². The number of rotatable bonds is 6.